The van der Waals surface area contributed by atoms with E-state index in [-0.39, 0.29) is 29.7 Å². The van der Waals surface area contributed by atoms with E-state index in [2.05, 4.69) is 17.2 Å². The molecule has 1 aliphatic heterocycles. The third-order valence-electron chi connectivity index (χ3n) is 4.69. The molecule has 1 atom stereocenters. The van der Waals surface area contributed by atoms with Crippen LogP contribution in [0.3, 0.4) is 0 Å². The second-order valence-corrected chi connectivity index (χ2v) is 8.89. The lowest BCUT2D eigenvalue weighted by molar-refractivity contribution is -0.152. The maximum absolute atomic E-state index is 12.6. The number of carbonyl (C=O) groups is 4. The van der Waals surface area contributed by atoms with Crippen LogP contribution in [0.1, 0.15) is 40.0 Å². The third-order valence-corrected chi connectivity index (χ3v) is 5.00. The fourth-order valence-electron chi connectivity index (χ4n) is 3.26. The Labute approximate surface area is 198 Å². The number of likely N-dealkylation sites (tertiary alicyclic amines) is 1. The molecule has 1 saturated heterocycles. The van der Waals surface area contributed by atoms with Gasteiger partial charge in [-0.3, -0.25) is 14.9 Å². The number of rotatable bonds is 7. The van der Waals surface area contributed by atoms with Gasteiger partial charge in [-0.25, -0.2) is 9.59 Å². The molecule has 0 spiro atoms. The first-order valence-electron chi connectivity index (χ1n) is 10.6. The van der Waals surface area contributed by atoms with Crippen molar-refractivity contribution in [3.8, 4) is 0 Å². The molecule has 0 aromatic heterocycles. The zero-order valence-electron chi connectivity index (χ0n) is 19.1. The number of nitrogens with one attached hydrogen (secondary N) is 2. The van der Waals surface area contributed by atoms with Gasteiger partial charge in [-0.1, -0.05) is 36.4 Å². The molecule has 1 unspecified atom stereocenters. The van der Waals surface area contributed by atoms with Gasteiger partial charge < -0.3 is 19.7 Å². The summed E-state index contributed by atoms with van der Waals surface area (Å²) in [6.07, 6.45) is 7.00. The summed E-state index contributed by atoms with van der Waals surface area (Å²) >= 11 is 6.27. The van der Waals surface area contributed by atoms with Gasteiger partial charge in [0.15, 0.2) is 0 Å². The number of amides is 3. The lowest BCUT2D eigenvalue weighted by Gasteiger charge is -2.23. The second kappa shape index (κ2) is 11.7. The lowest BCUT2D eigenvalue weighted by atomic mass is 10.2. The first-order valence-corrected chi connectivity index (χ1v) is 11.0. The van der Waals surface area contributed by atoms with E-state index in [1.54, 1.807) is 32.9 Å². The fraction of sp³-hybridized carbons (Fsp3) is 0.478. The quantitative estimate of drug-likeness (QED) is 0.428. The Hall–Kier alpha value is -3.07. The highest BCUT2D eigenvalue weighted by molar-refractivity contribution is 6.32. The normalized spacial score (nSPS) is 18.2. The minimum absolute atomic E-state index is 0.0775. The van der Waals surface area contributed by atoms with Gasteiger partial charge in [-0.2, -0.15) is 0 Å². The van der Waals surface area contributed by atoms with Crippen LogP contribution >= 0.6 is 11.6 Å². The van der Waals surface area contributed by atoms with Crippen LogP contribution in [0.2, 0.25) is 0 Å². The Kier molecular flexibility index (Phi) is 9.28. The monoisotopic (exact) mass is 479 g/mol. The molecule has 0 aromatic rings. The summed E-state index contributed by atoms with van der Waals surface area (Å²) in [6, 6.07) is -0.661. The maximum Gasteiger partial charge on any atom is 0.412 e. The van der Waals surface area contributed by atoms with Gasteiger partial charge >= 0.3 is 12.1 Å². The number of nitrogens with zero attached hydrogens (tertiary/aromatic N) is 1. The molecule has 3 amide bonds. The standard InChI is InChI=1S/C23H30ClN3O6/c1-5-12-32-21(30)18-10-7-11-27(18)19(28)14-25-20(29)15-8-6-9-17(16(24)13-15)26-22(31)33-23(2,3)4/h5,8-9,13,18H,1,6-7,10-12,14H2,2-4H3,(H,25,29)(H,26,31). The van der Waals surface area contributed by atoms with Gasteiger partial charge in [0.25, 0.3) is 5.91 Å². The Morgan fingerprint density at radius 2 is 2.00 bits per heavy atom. The number of ether oxygens (including phenoxy) is 2. The Morgan fingerprint density at radius 1 is 1.27 bits per heavy atom. The van der Waals surface area contributed by atoms with Crippen LogP contribution in [0, 0.1) is 0 Å². The molecule has 2 aliphatic rings. The van der Waals surface area contributed by atoms with Gasteiger partial charge in [0.1, 0.15) is 18.2 Å². The summed E-state index contributed by atoms with van der Waals surface area (Å²) in [6.45, 7) is 8.94. The van der Waals surface area contributed by atoms with Crippen molar-refractivity contribution >= 4 is 35.5 Å². The van der Waals surface area contributed by atoms with Crippen LogP contribution in [0.4, 0.5) is 4.79 Å². The van der Waals surface area contributed by atoms with Crippen LogP contribution in [0.5, 0.6) is 0 Å². The highest BCUT2D eigenvalue weighted by atomic mass is 35.5. The van der Waals surface area contributed by atoms with Gasteiger partial charge in [0, 0.05) is 12.1 Å². The zero-order chi connectivity index (χ0) is 24.6. The average Bonchev–Trinajstić information content (AvgIpc) is 3.15. The number of allylic oxidation sites excluding steroid dienone is 3. The Morgan fingerprint density at radius 3 is 2.67 bits per heavy atom. The molecule has 1 aliphatic carbocycles. The van der Waals surface area contributed by atoms with E-state index in [1.165, 1.54) is 17.1 Å². The molecule has 0 aromatic carbocycles. The molecule has 1 fully saturated rings. The van der Waals surface area contributed by atoms with Crippen molar-refractivity contribution in [1.29, 1.82) is 0 Å². The summed E-state index contributed by atoms with van der Waals surface area (Å²) in [7, 11) is 0. The third kappa shape index (κ3) is 8.09. The molecule has 0 radical (unpaired) electrons. The van der Waals surface area contributed by atoms with Crippen molar-refractivity contribution in [2.24, 2.45) is 0 Å². The van der Waals surface area contributed by atoms with Crippen LogP contribution in [-0.4, -0.2) is 60.1 Å². The van der Waals surface area contributed by atoms with Crippen molar-refractivity contribution < 1.29 is 28.7 Å². The van der Waals surface area contributed by atoms with Crippen molar-refractivity contribution in [2.75, 3.05) is 19.7 Å². The summed E-state index contributed by atoms with van der Waals surface area (Å²) in [4.78, 5) is 50.7. The van der Waals surface area contributed by atoms with E-state index >= 15 is 0 Å². The molecular weight excluding hydrogens is 450 g/mol. The van der Waals surface area contributed by atoms with Crippen molar-refractivity contribution in [3.05, 3.63) is 47.2 Å². The van der Waals surface area contributed by atoms with Gasteiger partial charge in [-0.05, 0) is 46.1 Å². The smallest absolute Gasteiger partial charge is 0.412 e. The zero-order valence-corrected chi connectivity index (χ0v) is 19.9. The van der Waals surface area contributed by atoms with E-state index in [0.29, 0.717) is 31.5 Å². The topological polar surface area (TPSA) is 114 Å². The fourth-order valence-corrected chi connectivity index (χ4v) is 3.51. The van der Waals surface area contributed by atoms with E-state index in [4.69, 9.17) is 21.1 Å². The molecule has 9 nitrogen and oxygen atoms in total. The van der Waals surface area contributed by atoms with Crippen LogP contribution < -0.4 is 10.6 Å². The number of esters is 1. The van der Waals surface area contributed by atoms with Crippen molar-refractivity contribution in [2.45, 2.75) is 51.7 Å². The van der Waals surface area contributed by atoms with Gasteiger partial charge in [0.2, 0.25) is 5.91 Å². The summed E-state index contributed by atoms with van der Waals surface area (Å²) < 4.78 is 10.3. The molecule has 1 heterocycles. The maximum atomic E-state index is 12.6. The number of hydrogen-bond acceptors (Lipinski definition) is 6. The minimum atomic E-state index is -0.669. The van der Waals surface area contributed by atoms with Gasteiger partial charge in [-0.15, -0.1) is 0 Å². The first kappa shape index (κ1) is 26.2. The van der Waals surface area contributed by atoms with Crippen molar-refractivity contribution in [3.63, 3.8) is 0 Å². The summed E-state index contributed by atoms with van der Waals surface area (Å²) in [5.41, 5.74) is -0.106. The average molecular weight is 480 g/mol. The van der Waals surface area contributed by atoms with Crippen molar-refractivity contribution in [1.82, 2.24) is 15.5 Å². The molecule has 2 rings (SSSR count). The Bertz CT molecular complexity index is 900. The number of alkyl carbamates (subject to hydrolysis) is 1. The Balaban J connectivity index is 1.92. The molecular formula is C23H30ClN3O6. The molecule has 2 N–H and O–H groups in total. The molecule has 10 heteroatoms. The predicted octanol–water partition coefficient (Wildman–Crippen LogP) is 2.68. The SMILES string of the molecule is C=CCOC(=O)C1CCCN1C(=O)CNC(=O)C1=CCC=C(NC(=O)OC(C)(C)C)C(Cl)=C1. The van der Waals surface area contributed by atoms with E-state index < -0.39 is 29.6 Å². The highest BCUT2D eigenvalue weighted by Gasteiger charge is 2.35. The summed E-state index contributed by atoms with van der Waals surface area (Å²) in [5, 5.41) is 5.28. The number of halogens is 1. The van der Waals surface area contributed by atoms with Crippen LogP contribution in [-0.2, 0) is 23.9 Å². The van der Waals surface area contributed by atoms with E-state index in [9.17, 15) is 19.2 Å². The van der Waals surface area contributed by atoms with E-state index in [1.807, 2.05) is 0 Å². The van der Waals surface area contributed by atoms with Crippen LogP contribution in [0.25, 0.3) is 0 Å². The number of hydrogen-bond donors (Lipinski definition) is 2. The van der Waals surface area contributed by atoms with Gasteiger partial charge in [0.05, 0.1) is 17.3 Å². The highest BCUT2D eigenvalue weighted by Crippen LogP contribution is 2.21. The molecule has 33 heavy (non-hydrogen) atoms. The molecule has 0 bridgehead atoms. The molecule has 180 valence electrons. The predicted molar refractivity (Wildman–Crippen MR) is 123 cm³/mol. The first-order chi connectivity index (χ1) is 15.5. The lowest BCUT2D eigenvalue weighted by Crippen LogP contribution is -2.46. The van der Waals surface area contributed by atoms with E-state index in [0.717, 1.165) is 0 Å². The molecule has 0 saturated carbocycles. The summed E-state index contributed by atoms with van der Waals surface area (Å²) in [5.74, 6) is -1.36. The minimum Gasteiger partial charge on any atom is -0.460 e. The second-order valence-electron chi connectivity index (χ2n) is 8.48. The number of carbonyl (C=O) groups excluding carboxylic acids is 4. The largest absolute Gasteiger partial charge is 0.460 e. The van der Waals surface area contributed by atoms with Crippen LogP contribution in [0.15, 0.2) is 47.2 Å².